The van der Waals surface area contributed by atoms with E-state index in [0.717, 1.165) is 27.7 Å². The van der Waals surface area contributed by atoms with Crippen LogP contribution in [0.5, 0.6) is 0 Å². The zero-order valence-corrected chi connectivity index (χ0v) is 13.2. The highest BCUT2D eigenvalue weighted by atomic mass is 14.9. The number of rotatable bonds is 3. The molecule has 1 aromatic heterocycles. The summed E-state index contributed by atoms with van der Waals surface area (Å²) in [4.78, 5) is 3.97. The van der Waals surface area contributed by atoms with Crippen LogP contribution in [-0.2, 0) is 7.05 Å². The van der Waals surface area contributed by atoms with Gasteiger partial charge in [0.05, 0.1) is 11.3 Å². The van der Waals surface area contributed by atoms with Crippen LogP contribution < -0.4 is 0 Å². The van der Waals surface area contributed by atoms with E-state index in [0.29, 0.717) is 5.57 Å². The summed E-state index contributed by atoms with van der Waals surface area (Å²) in [5, 5.41) is 10.5. The highest BCUT2D eigenvalue weighted by molar-refractivity contribution is 6.02. The Labute approximate surface area is 135 Å². The highest BCUT2D eigenvalue weighted by Crippen LogP contribution is 2.34. The van der Waals surface area contributed by atoms with Gasteiger partial charge < -0.3 is 4.57 Å². The summed E-state index contributed by atoms with van der Waals surface area (Å²) in [5.74, 6) is 0. The van der Waals surface area contributed by atoms with Crippen molar-refractivity contribution in [1.82, 2.24) is 4.57 Å². The SMILES string of the molecule is CN=C/C(C#N)=C/c1c(-c2ccccc2)n(C)c2ccccc12. The first kappa shape index (κ1) is 14.8. The smallest absolute Gasteiger partial charge is 0.101 e. The van der Waals surface area contributed by atoms with Gasteiger partial charge in [-0.15, -0.1) is 0 Å². The van der Waals surface area contributed by atoms with Gasteiger partial charge in [-0.05, 0) is 17.7 Å². The molecule has 0 unspecified atom stereocenters. The molecule has 3 nitrogen and oxygen atoms in total. The molecule has 1 heterocycles. The molecule has 112 valence electrons. The number of aliphatic imine (C=N–C) groups is 1. The van der Waals surface area contributed by atoms with Gasteiger partial charge in [0, 0.05) is 36.8 Å². The fourth-order valence-electron chi connectivity index (χ4n) is 2.91. The van der Waals surface area contributed by atoms with Gasteiger partial charge in [-0.3, -0.25) is 4.99 Å². The van der Waals surface area contributed by atoms with Crippen LogP contribution in [0, 0.1) is 11.3 Å². The predicted octanol–water partition coefficient (Wildman–Crippen LogP) is 4.45. The largest absolute Gasteiger partial charge is 0.343 e. The summed E-state index contributed by atoms with van der Waals surface area (Å²) in [6, 6.07) is 20.7. The van der Waals surface area contributed by atoms with Crippen molar-refractivity contribution in [1.29, 1.82) is 5.26 Å². The van der Waals surface area contributed by atoms with E-state index in [2.05, 4.69) is 46.9 Å². The number of hydrogen-bond donors (Lipinski definition) is 0. The van der Waals surface area contributed by atoms with Gasteiger partial charge in [-0.25, -0.2) is 0 Å². The minimum absolute atomic E-state index is 0.543. The maximum atomic E-state index is 9.34. The lowest BCUT2D eigenvalue weighted by Crippen LogP contribution is -1.92. The maximum absolute atomic E-state index is 9.34. The molecular weight excluding hydrogens is 282 g/mol. The van der Waals surface area contributed by atoms with E-state index in [1.807, 2.05) is 36.4 Å². The van der Waals surface area contributed by atoms with E-state index >= 15 is 0 Å². The van der Waals surface area contributed by atoms with Crippen LogP contribution in [0.15, 0.2) is 65.2 Å². The van der Waals surface area contributed by atoms with Crippen molar-refractivity contribution in [3.05, 3.63) is 65.7 Å². The molecule has 0 spiro atoms. The number of aryl methyl sites for hydroxylation is 1. The summed E-state index contributed by atoms with van der Waals surface area (Å²) in [5.41, 5.74) is 4.96. The lowest BCUT2D eigenvalue weighted by Gasteiger charge is -2.06. The lowest BCUT2D eigenvalue weighted by atomic mass is 10.0. The summed E-state index contributed by atoms with van der Waals surface area (Å²) >= 11 is 0. The van der Waals surface area contributed by atoms with E-state index in [9.17, 15) is 5.26 Å². The third kappa shape index (κ3) is 2.67. The topological polar surface area (TPSA) is 41.1 Å². The summed E-state index contributed by atoms with van der Waals surface area (Å²) in [6.45, 7) is 0. The number of aromatic nitrogens is 1. The number of para-hydroxylation sites is 1. The molecule has 0 atom stereocenters. The second-order valence-corrected chi connectivity index (χ2v) is 5.30. The Hall–Kier alpha value is -3.12. The third-order valence-electron chi connectivity index (χ3n) is 3.89. The molecule has 0 aliphatic heterocycles. The number of fused-ring (bicyclic) bond motifs is 1. The van der Waals surface area contributed by atoms with Crippen molar-refractivity contribution in [3.63, 3.8) is 0 Å². The summed E-state index contributed by atoms with van der Waals surface area (Å²) < 4.78 is 2.18. The van der Waals surface area contributed by atoms with Gasteiger partial charge in [0.25, 0.3) is 0 Å². The van der Waals surface area contributed by atoms with Gasteiger partial charge in [0.2, 0.25) is 0 Å². The standard InChI is InChI=1S/C20H17N3/c1-22-14-15(13-21)12-18-17-10-6-7-11-19(17)23(2)20(18)16-8-4-3-5-9-16/h3-12,14H,1-2H3/b15-12+,22-14?. The Morgan fingerprint density at radius 2 is 1.78 bits per heavy atom. The Bertz CT molecular complexity index is 938. The molecule has 0 N–H and O–H groups in total. The molecule has 0 bridgehead atoms. The number of hydrogen-bond acceptors (Lipinski definition) is 2. The Kier molecular flexibility index (Phi) is 4.07. The first-order valence-corrected chi connectivity index (χ1v) is 7.43. The second kappa shape index (κ2) is 6.33. The number of nitrogens with zero attached hydrogens (tertiary/aromatic N) is 3. The average molecular weight is 299 g/mol. The first-order chi connectivity index (χ1) is 11.3. The molecule has 0 aliphatic rings. The number of benzene rings is 2. The van der Waals surface area contributed by atoms with E-state index < -0.39 is 0 Å². The molecule has 3 aromatic rings. The molecule has 3 heteroatoms. The summed E-state index contributed by atoms with van der Waals surface area (Å²) in [6.07, 6.45) is 3.51. The van der Waals surface area contributed by atoms with Gasteiger partial charge in [-0.1, -0.05) is 48.5 Å². The van der Waals surface area contributed by atoms with E-state index in [-0.39, 0.29) is 0 Å². The van der Waals surface area contributed by atoms with Gasteiger partial charge in [0.1, 0.15) is 6.07 Å². The second-order valence-electron chi connectivity index (χ2n) is 5.30. The molecule has 0 radical (unpaired) electrons. The van der Waals surface area contributed by atoms with Crippen LogP contribution in [0.1, 0.15) is 5.56 Å². The molecule has 2 aromatic carbocycles. The number of allylic oxidation sites excluding steroid dienone is 1. The number of nitriles is 1. The fraction of sp³-hybridized carbons (Fsp3) is 0.100. The van der Waals surface area contributed by atoms with Crippen molar-refractivity contribution in [2.75, 3.05) is 7.05 Å². The zero-order chi connectivity index (χ0) is 16.2. The third-order valence-corrected chi connectivity index (χ3v) is 3.89. The highest BCUT2D eigenvalue weighted by Gasteiger charge is 2.15. The monoisotopic (exact) mass is 299 g/mol. The molecule has 0 saturated carbocycles. The molecular formula is C20H17N3. The minimum Gasteiger partial charge on any atom is -0.343 e. The van der Waals surface area contributed by atoms with Gasteiger partial charge >= 0.3 is 0 Å². The molecule has 0 amide bonds. The van der Waals surface area contributed by atoms with Crippen molar-refractivity contribution < 1.29 is 0 Å². The Morgan fingerprint density at radius 1 is 1.09 bits per heavy atom. The van der Waals surface area contributed by atoms with Gasteiger partial charge in [0.15, 0.2) is 0 Å². The quantitative estimate of drug-likeness (QED) is 0.520. The normalized spacial score (nSPS) is 12.0. The van der Waals surface area contributed by atoms with Crippen LogP contribution in [-0.4, -0.2) is 17.8 Å². The predicted molar refractivity (Wildman–Crippen MR) is 96.4 cm³/mol. The van der Waals surface area contributed by atoms with E-state index in [1.165, 1.54) is 0 Å². The molecule has 0 saturated heterocycles. The van der Waals surface area contributed by atoms with Gasteiger partial charge in [-0.2, -0.15) is 5.26 Å². The molecule has 3 rings (SSSR count). The van der Waals surface area contributed by atoms with Crippen molar-refractivity contribution in [3.8, 4) is 17.3 Å². The van der Waals surface area contributed by atoms with Crippen molar-refractivity contribution in [2.24, 2.45) is 12.0 Å². The summed E-state index contributed by atoms with van der Waals surface area (Å²) in [7, 11) is 3.73. The fourth-order valence-corrected chi connectivity index (χ4v) is 2.91. The van der Waals surface area contributed by atoms with E-state index in [4.69, 9.17) is 0 Å². The van der Waals surface area contributed by atoms with Crippen LogP contribution >= 0.6 is 0 Å². The zero-order valence-electron chi connectivity index (χ0n) is 13.2. The van der Waals surface area contributed by atoms with E-state index in [1.54, 1.807) is 13.3 Å². The minimum atomic E-state index is 0.543. The van der Waals surface area contributed by atoms with Crippen LogP contribution in [0.25, 0.3) is 28.2 Å². The van der Waals surface area contributed by atoms with Crippen molar-refractivity contribution in [2.45, 2.75) is 0 Å². The first-order valence-electron chi connectivity index (χ1n) is 7.43. The molecule has 0 fully saturated rings. The molecule has 23 heavy (non-hydrogen) atoms. The maximum Gasteiger partial charge on any atom is 0.101 e. The van der Waals surface area contributed by atoms with Crippen molar-refractivity contribution >= 4 is 23.2 Å². The average Bonchev–Trinajstić information content (AvgIpc) is 2.88. The Morgan fingerprint density at radius 3 is 2.48 bits per heavy atom. The van der Waals surface area contributed by atoms with Crippen LogP contribution in [0.3, 0.4) is 0 Å². The lowest BCUT2D eigenvalue weighted by molar-refractivity contribution is 0.977. The molecule has 0 aliphatic carbocycles. The Balaban J connectivity index is 2.37. The van der Waals surface area contributed by atoms with Crippen LogP contribution in [0.2, 0.25) is 0 Å². The van der Waals surface area contributed by atoms with Crippen LogP contribution in [0.4, 0.5) is 0 Å².